The highest BCUT2D eigenvalue weighted by atomic mass is 35.5. The summed E-state index contributed by atoms with van der Waals surface area (Å²) in [5.41, 5.74) is -0.350. The van der Waals surface area contributed by atoms with Crippen molar-refractivity contribution in [2.75, 3.05) is 5.32 Å². The average Bonchev–Trinajstić information content (AvgIpc) is 2.33. The summed E-state index contributed by atoms with van der Waals surface area (Å²) in [7, 11) is 0. The molecule has 98 valence electrons. The Morgan fingerprint density at radius 2 is 1.74 bits per heavy atom. The van der Waals surface area contributed by atoms with Crippen molar-refractivity contribution in [3.05, 3.63) is 64.4 Å². The minimum atomic E-state index is -1.11. The highest BCUT2D eigenvalue weighted by Gasteiger charge is 2.16. The van der Waals surface area contributed by atoms with E-state index in [0.29, 0.717) is 0 Å². The second kappa shape index (κ2) is 5.32. The summed E-state index contributed by atoms with van der Waals surface area (Å²) in [6, 6.07) is 6.59. The molecule has 0 saturated heterocycles. The smallest absolute Gasteiger partial charge is 0.260 e. The van der Waals surface area contributed by atoms with Crippen LogP contribution in [0.2, 0.25) is 5.02 Å². The monoisotopic (exact) mass is 285 g/mol. The minimum Gasteiger partial charge on any atom is -0.322 e. The number of benzene rings is 2. The van der Waals surface area contributed by atoms with Crippen molar-refractivity contribution in [2.24, 2.45) is 0 Å². The summed E-state index contributed by atoms with van der Waals surface area (Å²) in [4.78, 5) is 11.8. The maximum Gasteiger partial charge on any atom is 0.260 e. The molecule has 0 spiro atoms. The molecule has 0 radical (unpaired) electrons. The molecule has 2 aromatic carbocycles. The first-order valence-corrected chi connectivity index (χ1v) is 5.57. The van der Waals surface area contributed by atoms with Gasteiger partial charge in [-0.25, -0.2) is 13.2 Å². The van der Waals surface area contributed by atoms with Crippen molar-refractivity contribution in [3.63, 3.8) is 0 Å². The molecule has 0 saturated carbocycles. The van der Waals surface area contributed by atoms with Gasteiger partial charge in [-0.15, -0.1) is 0 Å². The van der Waals surface area contributed by atoms with Gasteiger partial charge in [0.25, 0.3) is 5.91 Å². The lowest BCUT2D eigenvalue weighted by Crippen LogP contribution is -2.14. The number of hydrogen-bond acceptors (Lipinski definition) is 1. The molecule has 0 fully saturated rings. The molecule has 0 bridgehead atoms. The molecule has 0 heterocycles. The molecule has 0 unspecified atom stereocenters. The van der Waals surface area contributed by atoms with Gasteiger partial charge in [0.15, 0.2) is 11.6 Å². The second-order valence-corrected chi connectivity index (χ2v) is 4.09. The van der Waals surface area contributed by atoms with Gasteiger partial charge in [-0.05, 0) is 24.3 Å². The van der Waals surface area contributed by atoms with E-state index in [1.807, 2.05) is 0 Å². The van der Waals surface area contributed by atoms with E-state index in [2.05, 4.69) is 5.32 Å². The van der Waals surface area contributed by atoms with Crippen molar-refractivity contribution < 1.29 is 18.0 Å². The third-order valence-electron chi connectivity index (χ3n) is 2.37. The van der Waals surface area contributed by atoms with Crippen LogP contribution in [0.25, 0.3) is 0 Å². The van der Waals surface area contributed by atoms with Gasteiger partial charge < -0.3 is 5.32 Å². The normalized spacial score (nSPS) is 10.3. The molecule has 0 aliphatic heterocycles. The summed E-state index contributed by atoms with van der Waals surface area (Å²) in [5.74, 6) is -3.79. The van der Waals surface area contributed by atoms with E-state index in [1.54, 1.807) is 0 Å². The maximum absolute atomic E-state index is 13.5. The number of nitrogens with one attached hydrogen (secondary N) is 1. The molecule has 0 aliphatic rings. The molecule has 6 heteroatoms. The van der Waals surface area contributed by atoms with Crippen LogP contribution >= 0.6 is 11.6 Å². The second-order valence-electron chi connectivity index (χ2n) is 3.68. The van der Waals surface area contributed by atoms with E-state index in [1.165, 1.54) is 12.1 Å². The molecule has 19 heavy (non-hydrogen) atoms. The lowest BCUT2D eigenvalue weighted by atomic mass is 10.2. The molecule has 1 N–H and O–H groups in total. The van der Waals surface area contributed by atoms with Crippen LogP contribution in [0, 0.1) is 17.5 Å². The Labute approximate surface area is 111 Å². The summed E-state index contributed by atoms with van der Waals surface area (Å²) in [5, 5.41) is 2.17. The third kappa shape index (κ3) is 2.88. The number of hydrogen-bond donors (Lipinski definition) is 1. The first kappa shape index (κ1) is 13.4. The van der Waals surface area contributed by atoms with E-state index < -0.39 is 23.4 Å². The Kier molecular flexibility index (Phi) is 3.76. The summed E-state index contributed by atoms with van der Waals surface area (Å²) < 4.78 is 39.2. The van der Waals surface area contributed by atoms with Crippen LogP contribution < -0.4 is 5.32 Å². The number of halogens is 4. The van der Waals surface area contributed by atoms with Crippen molar-refractivity contribution in [1.29, 1.82) is 0 Å². The zero-order valence-corrected chi connectivity index (χ0v) is 10.1. The van der Waals surface area contributed by atoms with Crippen molar-refractivity contribution in [3.8, 4) is 0 Å². The van der Waals surface area contributed by atoms with Gasteiger partial charge in [-0.2, -0.15) is 0 Å². The van der Waals surface area contributed by atoms with E-state index in [4.69, 9.17) is 11.6 Å². The van der Waals surface area contributed by atoms with E-state index in [-0.39, 0.29) is 16.3 Å². The average molecular weight is 286 g/mol. The lowest BCUT2D eigenvalue weighted by Gasteiger charge is -2.07. The van der Waals surface area contributed by atoms with Gasteiger partial charge in [-0.3, -0.25) is 4.79 Å². The first-order chi connectivity index (χ1) is 8.99. The Morgan fingerprint density at radius 1 is 1.00 bits per heavy atom. The zero-order chi connectivity index (χ0) is 14.0. The molecule has 1 amide bonds. The van der Waals surface area contributed by atoms with Gasteiger partial charge in [-0.1, -0.05) is 17.7 Å². The fourth-order valence-electron chi connectivity index (χ4n) is 1.48. The number of rotatable bonds is 2. The number of anilines is 1. The molecule has 0 aliphatic carbocycles. The highest BCUT2D eigenvalue weighted by Crippen LogP contribution is 2.21. The molecule has 2 aromatic rings. The van der Waals surface area contributed by atoms with Crippen molar-refractivity contribution in [2.45, 2.75) is 0 Å². The quantitative estimate of drug-likeness (QED) is 0.887. The minimum absolute atomic E-state index is 0.00298. The predicted molar refractivity (Wildman–Crippen MR) is 65.7 cm³/mol. The van der Waals surface area contributed by atoms with Crippen LogP contribution in [0.4, 0.5) is 18.9 Å². The van der Waals surface area contributed by atoms with Crippen molar-refractivity contribution >= 4 is 23.2 Å². The Morgan fingerprint density at radius 3 is 2.37 bits per heavy atom. The maximum atomic E-state index is 13.5. The number of amides is 1. The summed E-state index contributed by atoms with van der Waals surface area (Å²) in [6.45, 7) is 0. The Balaban J connectivity index is 2.28. The highest BCUT2D eigenvalue weighted by molar-refractivity contribution is 6.34. The largest absolute Gasteiger partial charge is 0.322 e. The van der Waals surface area contributed by atoms with Crippen molar-refractivity contribution in [1.82, 2.24) is 0 Å². The summed E-state index contributed by atoms with van der Waals surface area (Å²) in [6.07, 6.45) is 0. The van der Waals surface area contributed by atoms with E-state index in [9.17, 15) is 18.0 Å². The summed E-state index contributed by atoms with van der Waals surface area (Å²) >= 11 is 5.71. The Hall–Kier alpha value is -2.01. The molecular formula is C13H7ClF3NO. The van der Waals surface area contributed by atoms with E-state index in [0.717, 1.165) is 24.3 Å². The van der Waals surface area contributed by atoms with Crippen LogP contribution in [0.1, 0.15) is 10.4 Å². The van der Waals surface area contributed by atoms with Crippen LogP contribution in [-0.4, -0.2) is 5.91 Å². The van der Waals surface area contributed by atoms with Gasteiger partial charge in [0.1, 0.15) is 5.82 Å². The molecule has 2 rings (SSSR count). The van der Waals surface area contributed by atoms with Gasteiger partial charge in [0, 0.05) is 11.8 Å². The Bertz CT molecular complexity index is 626. The van der Waals surface area contributed by atoms with E-state index >= 15 is 0 Å². The topological polar surface area (TPSA) is 29.1 Å². The molecule has 2 nitrogen and oxygen atoms in total. The number of carbonyl (C=O) groups is 1. The molecule has 0 aromatic heterocycles. The van der Waals surface area contributed by atoms with Gasteiger partial charge in [0.05, 0.1) is 10.6 Å². The number of carbonyl (C=O) groups excluding carboxylic acids is 1. The van der Waals surface area contributed by atoms with Crippen LogP contribution in [-0.2, 0) is 0 Å². The molecular weight excluding hydrogens is 279 g/mol. The molecule has 0 atom stereocenters. The van der Waals surface area contributed by atoms with Gasteiger partial charge >= 0.3 is 0 Å². The SMILES string of the molecule is O=C(Nc1ccc(F)c(F)c1)c1c(F)cccc1Cl. The lowest BCUT2D eigenvalue weighted by molar-refractivity contribution is 0.102. The third-order valence-corrected chi connectivity index (χ3v) is 2.68. The van der Waals surface area contributed by atoms with Gasteiger partial charge in [0.2, 0.25) is 0 Å². The van der Waals surface area contributed by atoms with Crippen LogP contribution in [0.5, 0.6) is 0 Å². The standard InChI is InChI=1S/C13H7ClF3NO/c14-8-2-1-3-10(16)12(8)13(19)18-7-4-5-9(15)11(17)6-7/h1-6H,(H,18,19). The fraction of sp³-hybridized carbons (Fsp3) is 0. The zero-order valence-electron chi connectivity index (χ0n) is 9.38. The van der Waals surface area contributed by atoms with Crippen LogP contribution in [0.3, 0.4) is 0 Å². The van der Waals surface area contributed by atoms with Crippen LogP contribution in [0.15, 0.2) is 36.4 Å². The fourth-order valence-corrected chi connectivity index (χ4v) is 1.73. The first-order valence-electron chi connectivity index (χ1n) is 5.19. The predicted octanol–water partition coefficient (Wildman–Crippen LogP) is 4.01.